The Morgan fingerprint density at radius 3 is 2.50 bits per heavy atom. The van der Waals surface area contributed by atoms with Crippen LogP contribution < -0.4 is 4.90 Å². The molecule has 5 heteroatoms. The van der Waals surface area contributed by atoms with Crippen molar-refractivity contribution in [3.63, 3.8) is 0 Å². The molecule has 1 N–H and O–H groups in total. The Kier molecular flexibility index (Phi) is 7.40. The number of halogens is 1. The first kappa shape index (κ1) is 22.2. The number of pyridine rings is 1. The smallest absolute Gasteiger partial charge is 0.137 e. The fourth-order valence-corrected chi connectivity index (χ4v) is 4.02. The van der Waals surface area contributed by atoms with Crippen LogP contribution in [0, 0.1) is 5.82 Å². The van der Waals surface area contributed by atoms with Gasteiger partial charge in [-0.1, -0.05) is 50.7 Å². The molecular weight excluding hydrogens is 377 g/mol. The van der Waals surface area contributed by atoms with Gasteiger partial charge >= 0.3 is 0 Å². The molecule has 160 valence electrons. The van der Waals surface area contributed by atoms with E-state index in [0.29, 0.717) is 18.4 Å². The second kappa shape index (κ2) is 10.0. The molecule has 0 saturated carbocycles. The number of likely N-dealkylation sites (N-methyl/N-ethyl adjacent to an activating group) is 1. The number of benzene rings is 2. The van der Waals surface area contributed by atoms with Crippen molar-refractivity contribution in [1.29, 1.82) is 0 Å². The lowest BCUT2D eigenvalue weighted by Crippen LogP contribution is -2.46. The fourth-order valence-electron chi connectivity index (χ4n) is 4.02. The summed E-state index contributed by atoms with van der Waals surface area (Å²) in [5, 5.41) is 11.3. The van der Waals surface area contributed by atoms with Gasteiger partial charge in [-0.2, -0.15) is 0 Å². The Morgan fingerprint density at radius 2 is 1.80 bits per heavy atom. The number of aliphatic hydroxyl groups is 1. The molecule has 30 heavy (non-hydrogen) atoms. The Morgan fingerprint density at radius 1 is 1.03 bits per heavy atom. The van der Waals surface area contributed by atoms with E-state index in [-0.39, 0.29) is 19.9 Å². The first-order valence-corrected chi connectivity index (χ1v) is 10.5. The van der Waals surface area contributed by atoms with Crippen LogP contribution in [0.2, 0.25) is 0 Å². The van der Waals surface area contributed by atoms with Crippen LogP contribution in [0.25, 0.3) is 22.0 Å². The molecule has 2 aromatic carbocycles. The highest BCUT2D eigenvalue weighted by Crippen LogP contribution is 2.31. The van der Waals surface area contributed by atoms with Gasteiger partial charge in [-0.3, -0.25) is 0 Å². The molecule has 0 spiro atoms. The molecule has 1 aliphatic heterocycles. The maximum atomic E-state index is 14.6. The van der Waals surface area contributed by atoms with Gasteiger partial charge in [-0.25, -0.2) is 9.37 Å². The zero-order chi connectivity index (χ0) is 20.2. The topological polar surface area (TPSA) is 39.6 Å². The Hall–Kier alpha value is -2.50. The standard InChI is InChI=1S/C24H28FN3O.CH4/c1-2-27-11-13-28(14-12-27)24-21-8-4-3-6-19(21)17-23(26-24)20-10-9-18(7-5-15-29)22(25)16-20;/h3-4,6,8-10,16-17,29H,2,5,7,11-15H2,1H3;1H4. The Balaban J connectivity index is 0.00000256. The number of rotatable bonds is 6. The van der Waals surface area contributed by atoms with E-state index in [1.54, 1.807) is 6.07 Å². The molecule has 0 aliphatic carbocycles. The van der Waals surface area contributed by atoms with Crippen LogP contribution in [0.15, 0.2) is 48.5 Å². The van der Waals surface area contributed by atoms with Gasteiger partial charge in [0.2, 0.25) is 0 Å². The summed E-state index contributed by atoms with van der Waals surface area (Å²) in [7, 11) is 0. The first-order valence-electron chi connectivity index (χ1n) is 10.5. The van der Waals surface area contributed by atoms with E-state index in [2.05, 4.69) is 28.9 Å². The molecule has 4 nitrogen and oxygen atoms in total. The molecule has 2 heterocycles. The summed E-state index contributed by atoms with van der Waals surface area (Å²) in [5.74, 6) is 0.752. The van der Waals surface area contributed by atoms with E-state index in [4.69, 9.17) is 10.1 Å². The third-order valence-electron chi connectivity index (χ3n) is 5.79. The van der Waals surface area contributed by atoms with Crippen molar-refractivity contribution in [2.45, 2.75) is 27.2 Å². The van der Waals surface area contributed by atoms with Gasteiger partial charge in [-0.05, 0) is 42.5 Å². The molecule has 0 bridgehead atoms. The van der Waals surface area contributed by atoms with Crippen molar-refractivity contribution >= 4 is 16.6 Å². The molecule has 3 aromatic rings. The van der Waals surface area contributed by atoms with Crippen LogP contribution in [-0.4, -0.2) is 54.3 Å². The minimum Gasteiger partial charge on any atom is -0.396 e. The fraction of sp³-hybridized carbons (Fsp3) is 0.400. The van der Waals surface area contributed by atoms with E-state index in [9.17, 15) is 4.39 Å². The van der Waals surface area contributed by atoms with Crippen molar-refractivity contribution in [2.24, 2.45) is 0 Å². The number of hydrogen-bond donors (Lipinski definition) is 1. The van der Waals surface area contributed by atoms with Gasteiger partial charge in [-0.15, -0.1) is 0 Å². The number of fused-ring (bicyclic) bond motifs is 1. The first-order chi connectivity index (χ1) is 14.2. The molecule has 1 aliphatic rings. The number of hydrogen-bond acceptors (Lipinski definition) is 4. The number of aryl methyl sites for hydroxylation is 1. The summed E-state index contributed by atoms with van der Waals surface area (Å²) in [6.45, 7) is 7.30. The quantitative estimate of drug-likeness (QED) is 0.638. The van der Waals surface area contributed by atoms with Crippen LogP contribution in [0.3, 0.4) is 0 Å². The summed E-state index contributed by atoms with van der Waals surface area (Å²) >= 11 is 0. The van der Waals surface area contributed by atoms with Gasteiger partial charge in [0.1, 0.15) is 11.6 Å². The van der Waals surface area contributed by atoms with Crippen LogP contribution in [-0.2, 0) is 6.42 Å². The van der Waals surface area contributed by atoms with Crippen LogP contribution in [0.5, 0.6) is 0 Å². The molecule has 1 saturated heterocycles. The molecule has 0 atom stereocenters. The highest BCUT2D eigenvalue weighted by molar-refractivity contribution is 5.95. The predicted molar refractivity (Wildman–Crippen MR) is 124 cm³/mol. The number of anilines is 1. The molecule has 0 unspecified atom stereocenters. The minimum atomic E-state index is -0.232. The maximum absolute atomic E-state index is 14.6. The average Bonchev–Trinajstić information content (AvgIpc) is 2.77. The lowest BCUT2D eigenvalue weighted by molar-refractivity contribution is 0.271. The van der Waals surface area contributed by atoms with Crippen molar-refractivity contribution in [2.75, 3.05) is 44.2 Å². The van der Waals surface area contributed by atoms with Gasteiger partial charge < -0.3 is 14.9 Å². The second-order valence-corrected chi connectivity index (χ2v) is 7.61. The van der Waals surface area contributed by atoms with Gasteiger partial charge in [0.25, 0.3) is 0 Å². The van der Waals surface area contributed by atoms with Gasteiger partial charge in [0.05, 0.1) is 5.69 Å². The van der Waals surface area contributed by atoms with Crippen LogP contribution in [0.4, 0.5) is 10.2 Å². The molecular formula is C25H32FN3O. The summed E-state index contributed by atoms with van der Waals surface area (Å²) in [5.41, 5.74) is 2.22. The number of nitrogens with zero attached hydrogens (tertiary/aromatic N) is 3. The molecule has 4 rings (SSSR count). The number of piperazine rings is 1. The van der Waals surface area contributed by atoms with Gasteiger partial charge in [0, 0.05) is 43.7 Å². The Bertz CT molecular complexity index is 983. The summed E-state index contributed by atoms with van der Waals surface area (Å²) < 4.78 is 14.6. The highest BCUT2D eigenvalue weighted by Gasteiger charge is 2.20. The van der Waals surface area contributed by atoms with E-state index in [1.165, 1.54) is 0 Å². The molecule has 1 aromatic heterocycles. The van der Waals surface area contributed by atoms with E-state index in [0.717, 1.165) is 60.6 Å². The normalized spacial score (nSPS) is 14.7. The lowest BCUT2D eigenvalue weighted by Gasteiger charge is -2.35. The van der Waals surface area contributed by atoms with Crippen molar-refractivity contribution in [1.82, 2.24) is 9.88 Å². The zero-order valence-electron chi connectivity index (χ0n) is 16.9. The van der Waals surface area contributed by atoms with Crippen molar-refractivity contribution in [3.8, 4) is 11.3 Å². The van der Waals surface area contributed by atoms with Crippen LogP contribution in [0.1, 0.15) is 26.3 Å². The van der Waals surface area contributed by atoms with E-state index < -0.39 is 0 Å². The molecule has 0 radical (unpaired) electrons. The lowest BCUT2D eigenvalue weighted by atomic mass is 10.0. The predicted octanol–water partition coefficient (Wildman–Crippen LogP) is 4.74. The number of aliphatic hydroxyl groups excluding tert-OH is 1. The van der Waals surface area contributed by atoms with Crippen molar-refractivity contribution in [3.05, 3.63) is 59.9 Å². The van der Waals surface area contributed by atoms with E-state index in [1.807, 2.05) is 30.3 Å². The monoisotopic (exact) mass is 409 g/mol. The largest absolute Gasteiger partial charge is 0.396 e. The average molecular weight is 410 g/mol. The van der Waals surface area contributed by atoms with Gasteiger partial charge in [0.15, 0.2) is 0 Å². The SMILES string of the molecule is C.CCN1CCN(c2nc(-c3ccc(CCCO)c(F)c3)cc3ccccc23)CC1. The third-order valence-corrected chi connectivity index (χ3v) is 5.79. The molecule has 0 amide bonds. The maximum Gasteiger partial charge on any atom is 0.137 e. The summed E-state index contributed by atoms with van der Waals surface area (Å²) in [4.78, 5) is 9.78. The summed E-state index contributed by atoms with van der Waals surface area (Å²) in [6, 6.07) is 15.7. The van der Waals surface area contributed by atoms with Crippen molar-refractivity contribution < 1.29 is 9.50 Å². The highest BCUT2D eigenvalue weighted by atomic mass is 19.1. The number of aromatic nitrogens is 1. The third kappa shape index (κ3) is 4.63. The summed E-state index contributed by atoms with van der Waals surface area (Å²) in [6.07, 6.45) is 1.11. The Labute approximate surface area is 179 Å². The zero-order valence-corrected chi connectivity index (χ0v) is 16.9. The molecule has 1 fully saturated rings. The minimum absolute atomic E-state index is 0. The van der Waals surface area contributed by atoms with Crippen LogP contribution >= 0.6 is 0 Å². The second-order valence-electron chi connectivity index (χ2n) is 7.61. The van der Waals surface area contributed by atoms with E-state index >= 15 is 0 Å².